The SMILES string of the molecule is Cc1n[nH]c(C)c1S(=O)(=O)N(C)c1cccnc1. The highest BCUT2D eigenvalue weighted by Gasteiger charge is 2.27. The molecule has 7 heteroatoms. The Kier molecular flexibility index (Phi) is 3.08. The van der Waals surface area contributed by atoms with Crippen LogP contribution in [0.3, 0.4) is 0 Å². The number of aromatic nitrogens is 3. The molecule has 2 rings (SSSR count). The van der Waals surface area contributed by atoms with Crippen LogP contribution in [-0.4, -0.2) is 30.6 Å². The van der Waals surface area contributed by atoms with Crippen LogP contribution >= 0.6 is 0 Å². The van der Waals surface area contributed by atoms with E-state index in [0.717, 1.165) is 0 Å². The number of hydrogen-bond acceptors (Lipinski definition) is 4. The standard InChI is InChI=1S/C11H14N4O2S/c1-8-11(9(2)14-13-8)18(16,17)15(3)10-5-4-6-12-7-10/h4-7H,1-3H3,(H,13,14). The first kappa shape index (κ1) is 12.6. The van der Waals surface area contributed by atoms with Crippen molar-refractivity contribution in [2.45, 2.75) is 18.7 Å². The molecule has 0 aliphatic rings. The second-order valence-electron chi connectivity index (χ2n) is 3.95. The Hall–Kier alpha value is -1.89. The lowest BCUT2D eigenvalue weighted by Gasteiger charge is -2.18. The van der Waals surface area contributed by atoms with Gasteiger partial charge in [0.2, 0.25) is 0 Å². The lowest BCUT2D eigenvalue weighted by atomic mass is 10.4. The quantitative estimate of drug-likeness (QED) is 0.906. The largest absolute Gasteiger partial charge is 0.281 e. The summed E-state index contributed by atoms with van der Waals surface area (Å²) in [5.41, 5.74) is 1.50. The van der Waals surface area contributed by atoms with Crippen LogP contribution in [0.2, 0.25) is 0 Å². The Bertz CT molecular complexity index is 629. The number of aryl methyl sites for hydroxylation is 2. The normalized spacial score (nSPS) is 11.5. The van der Waals surface area contributed by atoms with Gasteiger partial charge in [0.1, 0.15) is 4.90 Å². The zero-order valence-electron chi connectivity index (χ0n) is 10.4. The first-order valence-corrected chi connectivity index (χ1v) is 6.79. The number of rotatable bonds is 3. The lowest BCUT2D eigenvalue weighted by molar-refractivity contribution is 0.593. The molecule has 0 spiro atoms. The van der Waals surface area contributed by atoms with Gasteiger partial charge >= 0.3 is 0 Å². The fourth-order valence-electron chi connectivity index (χ4n) is 1.74. The van der Waals surface area contributed by atoms with E-state index in [2.05, 4.69) is 15.2 Å². The zero-order chi connectivity index (χ0) is 13.3. The van der Waals surface area contributed by atoms with Crippen LogP contribution in [0.1, 0.15) is 11.4 Å². The summed E-state index contributed by atoms with van der Waals surface area (Å²) in [5, 5.41) is 6.59. The van der Waals surface area contributed by atoms with Crippen LogP contribution in [0.15, 0.2) is 29.4 Å². The summed E-state index contributed by atoms with van der Waals surface area (Å²) in [5.74, 6) is 0. The summed E-state index contributed by atoms with van der Waals surface area (Å²) in [6.45, 7) is 3.34. The van der Waals surface area contributed by atoms with E-state index in [1.54, 1.807) is 32.2 Å². The van der Waals surface area contributed by atoms with Crippen LogP contribution in [-0.2, 0) is 10.0 Å². The molecule has 2 heterocycles. The highest BCUT2D eigenvalue weighted by Crippen LogP contribution is 2.24. The van der Waals surface area contributed by atoms with Gasteiger partial charge in [-0.3, -0.25) is 14.4 Å². The average Bonchev–Trinajstić information content (AvgIpc) is 2.69. The molecule has 0 saturated carbocycles. The number of aromatic amines is 1. The summed E-state index contributed by atoms with van der Waals surface area (Å²) in [6, 6.07) is 3.38. The summed E-state index contributed by atoms with van der Waals surface area (Å²) < 4.78 is 26.1. The zero-order valence-corrected chi connectivity index (χ0v) is 11.2. The van der Waals surface area contributed by atoms with Crippen molar-refractivity contribution in [3.8, 4) is 0 Å². The Morgan fingerprint density at radius 2 is 2.06 bits per heavy atom. The Labute approximate surface area is 106 Å². The molecule has 0 aromatic carbocycles. The van der Waals surface area contributed by atoms with Gasteiger partial charge in [0.15, 0.2) is 0 Å². The molecular weight excluding hydrogens is 252 g/mol. The molecule has 0 aliphatic carbocycles. The molecule has 0 radical (unpaired) electrons. The molecule has 96 valence electrons. The van der Waals surface area contributed by atoms with Gasteiger partial charge in [0, 0.05) is 13.2 Å². The van der Waals surface area contributed by atoms with E-state index < -0.39 is 10.0 Å². The molecule has 6 nitrogen and oxygen atoms in total. The van der Waals surface area contributed by atoms with Crippen LogP contribution in [0.25, 0.3) is 0 Å². The second kappa shape index (κ2) is 4.41. The molecule has 0 fully saturated rings. The van der Waals surface area contributed by atoms with Crippen molar-refractivity contribution in [1.29, 1.82) is 0 Å². The first-order chi connectivity index (χ1) is 8.44. The van der Waals surface area contributed by atoms with E-state index in [-0.39, 0.29) is 4.90 Å². The highest BCUT2D eigenvalue weighted by atomic mass is 32.2. The van der Waals surface area contributed by atoms with Crippen molar-refractivity contribution in [1.82, 2.24) is 15.2 Å². The molecule has 0 unspecified atom stereocenters. The second-order valence-corrected chi connectivity index (χ2v) is 5.85. The number of sulfonamides is 1. The minimum atomic E-state index is -3.61. The maximum atomic E-state index is 12.5. The maximum absolute atomic E-state index is 12.5. The molecule has 1 N–H and O–H groups in total. The third-order valence-corrected chi connectivity index (χ3v) is 4.74. The minimum absolute atomic E-state index is 0.217. The van der Waals surface area contributed by atoms with E-state index in [4.69, 9.17) is 0 Å². The molecule has 0 atom stereocenters. The third kappa shape index (κ3) is 1.97. The predicted octanol–water partition coefficient (Wildman–Crippen LogP) is 1.25. The van der Waals surface area contributed by atoms with Crippen molar-refractivity contribution in [2.24, 2.45) is 0 Å². The number of nitrogens with zero attached hydrogens (tertiary/aromatic N) is 3. The summed E-state index contributed by atoms with van der Waals surface area (Å²) in [6.07, 6.45) is 3.10. The molecule has 2 aromatic rings. The van der Waals surface area contributed by atoms with Gasteiger partial charge in [-0.1, -0.05) is 0 Å². The number of anilines is 1. The van der Waals surface area contributed by atoms with Gasteiger partial charge in [-0.25, -0.2) is 8.42 Å². The molecule has 0 bridgehead atoms. The van der Waals surface area contributed by atoms with E-state index in [1.807, 2.05) is 0 Å². The fourth-order valence-corrected chi connectivity index (χ4v) is 3.25. The van der Waals surface area contributed by atoms with Crippen molar-refractivity contribution in [3.63, 3.8) is 0 Å². The van der Waals surface area contributed by atoms with E-state index in [0.29, 0.717) is 17.1 Å². The van der Waals surface area contributed by atoms with E-state index in [1.165, 1.54) is 17.5 Å². The molecule has 0 saturated heterocycles. The number of hydrogen-bond donors (Lipinski definition) is 1. The minimum Gasteiger partial charge on any atom is -0.281 e. The van der Waals surface area contributed by atoms with Gasteiger partial charge in [0.25, 0.3) is 10.0 Å². The fraction of sp³-hybridized carbons (Fsp3) is 0.273. The maximum Gasteiger partial charge on any atom is 0.267 e. The van der Waals surface area contributed by atoms with Gasteiger partial charge in [-0.15, -0.1) is 0 Å². The molecule has 18 heavy (non-hydrogen) atoms. The smallest absolute Gasteiger partial charge is 0.267 e. The van der Waals surface area contributed by atoms with E-state index in [9.17, 15) is 8.42 Å². The Morgan fingerprint density at radius 1 is 1.33 bits per heavy atom. The third-order valence-electron chi connectivity index (χ3n) is 2.69. The number of H-pyrrole nitrogens is 1. The summed E-state index contributed by atoms with van der Waals surface area (Å²) >= 11 is 0. The van der Waals surface area contributed by atoms with Crippen molar-refractivity contribution >= 4 is 15.7 Å². The van der Waals surface area contributed by atoms with E-state index >= 15 is 0 Å². The molecular formula is C11H14N4O2S. The van der Waals surface area contributed by atoms with Gasteiger partial charge in [-0.2, -0.15) is 5.10 Å². The topological polar surface area (TPSA) is 79.0 Å². The van der Waals surface area contributed by atoms with Crippen molar-refractivity contribution in [3.05, 3.63) is 35.9 Å². The number of nitrogens with one attached hydrogen (secondary N) is 1. The summed E-state index contributed by atoms with van der Waals surface area (Å²) in [7, 11) is -2.11. The first-order valence-electron chi connectivity index (χ1n) is 5.35. The van der Waals surface area contributed by atoms with Gasteiger partial charge < -0.3 is 0 Å². The Balaban J connectivity index is 2.51. The summed E-state index contributed by atoms with van der Waals surface area (Å²) in [4.78, 5) is 4.13. The van der Waals surface area contributed by atoms with Crippen LogP contribution < -0.4 is 4.31 Å². The van der Waals surface area contributed by atoms with Crippen LogP contribution in [0.4, 0.5) is 5.69 Å². The lowest BCUT2D eigenvalue weighted by Crippen LogP contribution is -2.27. The number of pyridine rings is 1. The van der Waals surface area contributed by atoms with Crippen molar-refractivity contribution in [2.75, 3.05) is 11.4 Å². The van der Waals surface area contributed by atoms with Crippen LogP contribution in [0, 0.1) is 13.8 Å². The molecule has 2 aromatic heterocycles. The van der Waals surface area contributed by atoms with Gasteiger partial charge in [0.05, 0.1) is 23.3 Å². The van der Waals surface area contributed by atoms with Crippen LogP contribution in [0.5, 0.6) is 0 Å². The Morgan fingerprint density at radius 3 is 2.56 bits per heavy atom. The van der Waals surface area contributed by atoms with Crippen molar-refractivity contribution < 1.29 is 8.42 Å². The predicted molar refractivity (Wildman–Crippen MR) is 67.9 cm³/mol. The molecule has 0 amide bonds. The van der Waals surface area contributed by atoms with Gasteiger partial charge in [-0.05, 0) is 26.0 Å². The average molecular weight is 266 g/mol. The molecule has 0 aliphatic heterocycles. The monoisotopic (exact) mass is 266 g/mol. The highest BCUT2D eigenvalue weighted by molar-refractivity contribution is 7.92.